The van der Waals surface area contributed by atoms with Gasteiger partial charge in [-0.2, -0.15) is 0 Å². The van der Waals surface area contributed by atoms with Gasteiger partial charge in [-0.3, -0.25) is 0 Å². The largest absolute Gasteiger partial charge is 0.384 e. The fraction of sp³-hybridized carbons (Fsp3) is 0.429. The van der Waals surface area contributed by atoms with Crippen LogP contribution in [0.2, 0.25) is 0 Å². The van der Waals surface area contributed by atoms with Crippen molar-refractivity contribution in [1.82, 2.24) is 19.9 Å². The number of piperazine rings is 1. The summed E-state index contributed by atoms with van der Waals surface area (Å²) in [5.41, 5.74) is 5.85. The van der Waals surface area contributed by atoms with Crippen molar-refractivity contribution in [2.45, 2.75) is 13.3 Å². The van der Waals surface area contributed by atoms with E-state index in [1.807, 2.05) is 19.1 Å². The minimum atomic E-state index is 0.533. The predicted molar refractivity (Wildman–Crippen MR) is 82.3 cm³/mol. The molecule has 1 saturated heterocycles. The van der Waals surface area contributed by atoms with Crippen LogP contribution in [0.3, 0.4) is 0 Å². The molecule has 1 aliphatic rings. The molecule has 0 aliphatic carbocycles. The van der Waals surface area contributed by atoms with Gasteiger partial charge in [-0.25, -0.2) is 19.9 Å². The maximum absolute atomic E-state index is 5.85. The first kappa shape index (κ1) is 13.5. The third-order valence-electron chi connectivity index (χ3n) is 3.53. The minimum Gasteiger partial charge on any atom is -0.384 e. The van der Waals surface area contributed by atoms with Crippen LogP contribution in [-0.2, 0) is 6.42 Å². The molecule has 3 rings (SSSR count). The molecule has 7 nitrogen and oxygen atoms in total. The summed E-state index contributed by atoms with van der Waals surface area (Å²) in [7, 11) is 0. The Kier molecular flexibility index (Phi) is 3.81. The van der Waals surface area contributed by atoms with E-state index in [-0.39, 0.29) is 0 Å². The normalized spacial score (nSPS) is 15.3. The molecular weight excluding hydrogens is 266 g/mol. The Morgan fingerprint density at radius 3 is 2.38 bits per heavy atom. The highest BCUT2D eigenvalue weighted by Crippen LogP contribution is 2.18. The quantitative estimate of drug-likeness (QED) is 0.890. The van der Waals surface area contributed by atoms with Crippen molar-refractivity contribution in [3.8, 4) is 0 Å². The lowest BCUT2D eigenvalue weighted by atomic mass is 10.3. The molecule has 0 radical (unpaired) electrons. The smallest absolute Gasteiger partial charge is 0.225 e. The maximum atomic E-state index is 5.85. The topological polar surface area (TPSA) is 84.1 Å². The molecule has 0 amide bonds. The third kappa shape index (κ3) is 3.01. The molecule has 0 unspecified atom stereocenters. The summed E-state index contributed by atoms with van der Waals surface area (Å²) in [6.45, 7) is 5.52. The highest BCUT2D eigenvalue weighted by molar-refractivity contribution is 5.48. The summed E-state index contributed by atoms with van der Waals surface area (Å²) in [5.74, 6) is 3.02. The standard InChI is InChI=1S/C14H19N7/c1-2-12-18-11(15)10-13(19-12)20-6-8-21(9-7-20)14-16-4-3-5-17-14/h3-5,10H,2,6-9H2,1H3,(H2,15,18,19). The van der Waals surface area contributed by atoms with Crippen LogP contribution >= 0.6 is 0 Å². The van der Waals surface area contributed by atoms with Crippen LogP contribution in [0, 0.1) is 0 Å². The molecule has 2 aromatic heterocycles. The number of hydrogen-bond acceptors (Lipinski definition) is 7. The van der Waals surface area contributed by atoms with Gasteiger partial charge in [-0.15, -0.1) is 0 Å². The van der Waals surface area contributed by atoms with Crippen LogP contribution in [0.1, 0.15) is 12.7 Å². The lowest BCUT2D eigenvalue weighted by molar-refractivity contribution is 0.632. The van der Waals surface area contributed by atoms with E-state index in [9.17, 15) is 0 Å². The molecule has 0 atom stereocenters. The highest BCUT2D eigenvalue weighted by Gasteiger charge is 2.20. The van der Waals surface area contributed by atoms with E-state index in [1.54, 1.807) is 12.4 Å². The molecule has 2 aromatic rings. The minimum absolute atomic E-state index is 0.533. The first-order chi connectivity index (χ1) is 10.3. The van der Waals surface area contributed by atoms with Crippen molar-refractivity contribution in [2.75, 3.05) is 41.7 Å². The molecular formula is C14H19N7. The molecule has 3 heterocycles. The van der Waals surface area contributed by atoms with Gasteiger partial charge in [0.1, 0.15) is 17.5 Å². The SMILES string of the molecule is CCc1nc(N)cc(N2CCN(c3ncccn3)CC2)n1. The highest BCUT2D eigenvalue weighted by atomic mass is 15.3. The number of hydrogen-bond donors (Lipinski definition) is 1. The van der Waals surface area contributed by atoms with Crippen LogP contribution < -0.4 is 15.5 Å². The summed E-state index contributed by atoms with van der Waals surface area (Å²) in [6, 6.07) is 3.67. The van der Waals surface area contributed by atoms with Crippen molar-refractivity contribution in [2.24, 2.45) is 0 Å². The molecule has 0 saturated carbocycles. The Bertz CT molecular complexity index is 594. The van der Waals surface area contributed by atoms with Crippen molar-refractivity contribution in [3.05, 3.63) is 30.4 Å². The summed E-state index contributed by atoms with van der Waals surface area (Å²) in [6.07, 6.45) is 4.33. The molecule has 21 heavy (non-hydrogen) atoms. The average Bonchev–Trinajstić information content (AvgIpc) is 2.55. The van der Waals surface area contributed by atoms with Crippen molar-refractivity contribution >= 4 is 17.6 Å². The first-order valence-electron chi connectivity index (χ1n) is 7.16. The molecule has 2 N–H and O–H groups in total. The number of nitrogens with two attached hydrogens (primary N) is 1. The van der Waals surface area contributed by atoms with Gasteiger partial charge in [0.25, 0.3) is 0 Å². The van der Waals surface area contributed by atoms with E-state index in [0.29, 0.717) is 5.82 Å². The number of rotatable bonds is 3. The van der Waals surface area contributed by atoms with Gasteiger partial charge in [0.15, 0.2) is 0 Å². The van der Waals surface area contributed by atoms with Gasteiger partial charge in [-0.1, -0.05) is 6.92 Å². The van der Waals surface area contributed by atoms with E-state index in [1.165, 1.54) is 0 Å². The lowest BCUT2D eigenvalue weighted by Crippen LogP contribution is -2.47. The molecule has 110 valence electrons. The zero-order valence-corrected chi connectivity index (χ0v) is 12.1. The fourth-order valence-corrected chi connectivity index (χ4v) is 2.41. The maximum Gasteiger partial charge on any atom is 0.225 e. The van der Waals surface area contributed by atoms with Gasteiger partial charge < -0.3 is 15.5 Å². The molecule has 7 heteroatoms. The van der Waals surface area contributed by atoms with Crippen LogP contribution in [-0.4, -0.2) is 46.1 Å². The van der Waals surface area contributed by atoms with Gasteiger partial charge in [0, 0.05) is 51.1 Å². The lowest BCUT2D eigenvalue weighted by Gasteiger charge is -2.35. The van der Waals surface area contributed by atoms with E-state index in [2.05, 4.69) is 29.7 Å². The molecule has 1 aliphatic heterocycles. The zero-order valence-electron chi connectivity index (χ0n) is 12.1. The van der Waals surface area contributed by atoms with Crippen LogP contribution in [0.25, 0.3) is 0 Å². The van der Waals surface area contributed by atoms with Gasteiger partial charge >= 0.3 is 0 Å². The monoisotopic (exact) mass is 285 g/mol. The number of anilines is 3. The van der Waals surface area contributed by atoms with E-state index in [4.69, 9.17) is 5.73 Å². The van der Waals surface area contributed by atoms with Crippen molar-refractivity contribution in [1.29, 1.82) is 0 Å². The van der Waals surface area contributed by atoms with E-state index >= 15 is 0 Å². The van der Waals surface area contributed by atoms with Crippen molar-refractivity contribution < 1.29 is 0 Å². The fourth-order valence-electron chi connectivity index (χ4n) is 2.41. The second kappa shape index (κ2) is 5.90. The average molecular weight is 285 g/mol. The Labute approximate surface area is 123 Å². The van der Waals surface area contributed by atoms with Crippen LogP contribution in [0.4, 0.5) is 17.6 Å². The Balaban J connectivity index is 1.70. The number of nitrogen functional groups attached to an aromatic ring is 1. The van der Waals surface area contributed by atoms with Gasteiger partial charge in [-0.05, 0) is 6.07 Å². The van der Waals surface area contributed by atoms with E-state index < -0.39 is 0 Å². The first-order valence-corrected chi connectivity index (χ1v) is 7.16. The summed E-state index contributed by atoms with van der Waals surface area (Å²) < 4.78 is 0. The van der Waals surface area contributed by atoms with Crippen molar-refractivity contribution in [3.63, 3.8) is 0 Å². The molecule has 0 aromatic carbocycles. The summed E-state index contributed by atoms with van der Waals surface area (Å²) >= 11 is 0. The Hall–Kier alpha value is -2.44. The van der Waals surface area contributed by atoms with Gasteiger partial charge in [0.2, 0.25) is 5.95 Å². The summed E-state index contributed by atoms with van der Waals surface area (Å²) in [5, 5.41) is 0. The third-order valence-corrected chi connectivity index (χ3v) is 3.53. The number of aromatic nitrogens is 4. The Morgan fingerprint density at radius 2 is 1.71 bits per heavy atom. The zero-order chi connectivity index (χ0) is 14.7. The second-order valence-corrected chi connectivity index (χ2v) is 4.94. The van der Waals surface area contributed by atoms with Gasteiger partial charge in [0.05, 0.1) is 0 Å². The molecule has 0 spiro atoms. The van der Waals surface area contributed by atoms with Crippen LogP contribution in [0.5, 0.6) is 0 Å². The number of nitrogens with zero attached hydrogens (tertiary/aromatic N) is 6. The molecule has 0 bridgehead atoms. The number of aryl methyl sites for hydroxylation is 1. The second-order valence-electron chi connectivity index (χ2n) is 4.94. The summed E-state index contributed by atoms with van der Waals surface area (Å²) in [4.78, 5) is 21.8. The van der Waals surface area contributed by atoms with Crippen LogP contribution in [0.15, 0.2) is 24.5 Å². The predicted octanol–water partition coefficient (Wildman–Crippen LogP) is 0.738. The Morgan fingerprint density at radius 1 is 1.05 bits per heavy atom. The molecule has 1 fully saturated rings. The van der Waals surface area contributed by atoms with E-state index in [0.717, 1.165) is 50.2 Å².